The molecule has 0 aliphatic heterocycles. The van der Waals surface area contributed by atoms with E-state index in [0.717, 1.165) is 34.5 Å². The normalized spacial score (nSPS) is 11.2. The Balaban J connectivity index is 1.53. The minimum atomic E-state index is 0.710. The van der Waals surface area contributed by atoms with Crippen molar-refractivity contribution in [3.05, 3.63) is 77.2 Å². The van der Waals surface area contributed by atoms with Gasteiger partial charge < -0.3 is 8.97 Å². The van der Waals surface area contributed by atoms with E-state index < -0.39 is 0 Å². The zero-order valence-electron chi connectivity index (χ0n) is 13.6. The number of fused-ring (bicyclic) bond motifs is 1. The molecule has 7 heteroatoms. The van der Waals surface area contributed by atoms with Crippen molar-refractivity contribution >= 4 is 28.7 Å². The number of thioether (sulfide) groups is 1. The molecule has 5 nitrogen and oxygen atoms in total. The lowest BCUT2D eigenvalue weighted by Gasteiger charge is -2.06. The average Bonchev–Trinajstić information content (AvgIpc) is 3.35. The Hall–Kier alpha value is -2.38. The van der Waals surface area contributed by atoms with Crippen molar-refractivity contribution in [1.29, 1.82) is 0 Å². The molecule has 4 aromatic heterocycles. The first-order valence-corrected chi connectivity index (χ1v) is 9.81. The maximum Gasteiger partial charge on any atom is 0.191 e. The highest BCUT2D eigenvalue weighted by Gasteiger charge is 2.13. The molecule has 0 N–H and O–H groups in total. The Morgan fingerprint density at radius 2 is 2.16 bits per heavy atom. The van der Waals surface area contributed by atoms with Crippen LogP contribution >= 0.6 is 23.1 Å². The van der Waals surface area contributed by atoms with Crippen LogP contribution in [0.3, 0.4) is 0 Å². The van der Waals surface area contributed by atoms with E-state index in [9.17, 15) is 0 Å². The van der Waals surface area contributed by atoms with Gasteiger partial charge in [-0.3, -0.25) is 0 Å². The zero-order valence-corrected chi connectivity index (χ0v) is 15.2. The Bertz CT molecular complexity index is 951. The molecule has 0 bridgehead atoms. The van der Waals surface area contributed by atoms with Gasteiger partial charge in [-0.1, -0.05) is 30.0 Å². The summed E-state index contributed by atoms with van der Waals surface area (Å²) in [5, 5.41) is 11.8. The molecule has 0 radical (unpaired) electrons. The van der Waals surface area contributed by atoms with Gasteiger partial charge in [-0.15, -0.1) is 28.1 Å². The van der Waals surface area contributed by atoms with Crippen molar-refractivity contribution in [2.24, 2.45) is 0 Å². The second kappa shape index (κ2) is 7.25. The summed E-state index contributed by atoms with van der Waals surface area (Å²) in [5.74, 6) is 1.73. The van der Waals surface area contributed by atoms with Gasteiger partial charge in [0, 0.05) is 36.0 Å². The predicted molar refractivity (Wildman–Crippen MR) is 102 cm³/mol. The van der Waals surface area contributed by atoms with Crippen LogP contribution in [-0.2, 0) is 18.7 Å². The summed E-state index contributed by atoms with van der Waals surface area (Å²) in [4.78, 5) is 5.92. The van der Waals surface area contributed by atoms with Gasteiger partial charge in [0.2, 0.25) is 0 Å². The summed E-state index contributed by atoms with van der Waals surface area (Å²) in [7, 11) is 0. The summed E-state index contributed by atoms with van der Waals surface area (Å²) < 4.78 is 4.17. The first-order chi connectivity index (χ1) is 12.3. The lowest BCUT2D eigenvalue weighted by atomic mass is 10.3. The van der Waals surface area contributed by atoms with Crippen LogP contribution < -0.4 is 0 Å². The predicted octanol–water partition coefficient (Wildman–Crippen LogP) is 4.06. The van der Waals surface area contributed by atoms with Crippen LogP contribution in [0.15, 0.2) is 65.9 Å². The molecule has 0 spiro atoms. The number of hydrogen-bond acceptors (Lipinski definition) is 5. The van der Waals surface area contributed by atoms with Gasteiger partial charge in [0.05, 0.1) is 5.69 Å². The first-order valence-electron chi connectivity index (χ1n) is 7.94. The maximum atomic E-state index is 4.64. The summed E-state index contributed by atoms with van der Waals surface area (Å²) in [6.45, 7) is 4.57. The van der Waals surface area contributed by atoms with Crippen LogP contribution in [0.2, 0.25) is 0 Å². The van der Waals surface area contributed by atoms with Crippen LogP contribution in [0.25, 0.3) is 5.65 Å². The highest BCUT2D eigenvalue weighted by molar-refractivity contribution is 7.98. The molecule has 0 aliphatic carbocycles. The summed E-state index contributed by atoms with van der Waals surface area (Å²) in [6.07, 6.45) is 6.75. The highest BCUT2D eigenvalue weighted by Crippen LogP contribution is 2.23. The smallest absolute Gasteiger partial charge is 0.191 e. The van der Waals surface area contributed by atoms with Gasteiger partial charge in [-0.2, -0.15) is 0 Å². The molecule has 4 rings (SSSR count). The molecule has 4 aromatic rings. The quantitative estimate of drug-likeness (QED) is 0.365. The van der Waals surface area contributed by atoms with Gasteiger partial charge >= 0.3 is 0 Å². The van der Waals surface area contributed by atoms with Crippen molar-refractivity contribution in [2.45, 2.75) is 23.9 Å². The van der Waals surface area contributed by atoms with E-state index in [-0.39, 0.29) is 0 Å². The Morgan fingerprint density at radius 1 is 1.20 bits per heavy atom. The number of thiophene rings is 1. The molecular weight excluding hydrogens is 350 g/mol. The van der Waals surface area contributed by atoms with E-state index in [1.165, 1.54) is 4.88 Å². The SMILES string of the molecule is C=CCn1c(Cc2cccs2)nnc1SCc1cn2ccccc2n1. The van der Waals surface area contributed by atoms with E-state index in [1.54, 1.807) is 23.1 Å². The molecule has 0 aromatic carbocycles. The topological polar surface area (TPSA) is 48.0 Å². The van der Waals surface area contributed by atoms with Crippen LogP contribution in [0.4, 0.5) is 0 Å². The number of aromatic nitrogens is 5. The van der Waals surface area contributed by atoms with Crippen molar-refractivity contribution in [3.63, 3.8) is 0 Å². The van der Waals surface area contributed by atoms with Gasteiger partial charge in [-0.05, 0) is 23.6 Å². The molecular formula is C18H17N5S2. The third kappa shape index (κ3) is 3.52. The van der Waals surface area contributed by atoms with Gasteiger partial charge in [0.15, 0.2) is 5.16 Å². The molecule has 0 fully saturated rings. The minimum absolute atomic E-state index is 0.710. The van der Waals surface area contributed by atoms with E-state index in [0.29, 0.717) is 6.54 Å². The second-order valence-corrected chi connectivity index (χ2v) is 7.52. The molecule has 4 heterocycles. The van der Waals surface area contributed by atoms with Crippen molar-refractivity contribution in [2.75, 3.05) is 0 Å². The fourth-order valence-corrected chi connectivity index (χ4v) is 4.19. The van der Waals surface area contributed by atoms with E-state index in [2.05, 4.69) is 50.0 Å². The Morgan fingerprint density at radius 3 is 2.96 bits per heavy atom. The van der Waals surface area contributed by atoms with E-state index in [4.69, 9.17) is 0 Å². The largest absolute Gasteiger partial charge is 0.307 e. The highest BCUT2D eigenvalue weighted by atomic mass is 32.2. The monoisotopic (exact) mass is 367 g/mol. The van der Waals surface area contributed by atoms with Gasteiger partial charge in [0.25, 0.3) is 0 Å². The Kier molecular flexibility index (Phi) is 4.67. The van der Waals surface area contributed by atoms with Gasteiger partial charge in [0.1, 0.15) is 11.5 Å². The molecule has 126 valence electrons. The number of pyridine rings is 1. The van der Waals surface area contributed by atoms with Crippen LogP contribution in [0.5, 0.6) is 0 Å². The van der Waals surface area contributed by atoms with Crippen LogP contribution in [-0.4, -0.2) is 24.1 Å². The second-order valence-electron chi connectivity index (χ2n) is 5.54. The molecule has 0 amide bonds. The number of hydrogen-bond donors (Lipinski definition) is 0. The first kappa shape index (κ1) is 16.1. The lowest BCUT2D eigenvalue weighted by Crippen LogP contribution is -2.04. The van der Waals surface area contributed by atoms with Crippen LogP contribution in [0.1, 0.15) is 16.4 Å². The van der Waals surface area contributed by atoms with Crippen molar-refractivity contribution < 1.29 is 0 Å². The summed E-state index contributed by atoms with van der Waals surface area (Å²) >= 11 is 3.40. The maximum absolute atomic E-state index is 4.64. The third-order valence-corrected chi connectivity index (χ3v) is 5.66. The average molecular weight is 368 g/mol. The summed E-state index contributed by atoms with van der Waals surface area (Å²) in [5.41, 5.74) is 1.99. The summed E-state index contributed by atoms with van der Waals surface area (Å²) in [6, 6.07) is 10.2. The fraction of sp³-hybridized carbons (Fsp3) is 0.167. The zero-order chi connectivity index (χ0) is 17.1. The van der Waals surface area contributed by atoms with E-state index >= 15 is 0 Å². The number of nitrogens with zero attached hydrogens (tertiary/aromatic N) is 5. The molecule has 0 aliphatic rings. The minimum Gasteiger partial charge on any atom is -0.307 e. The molecule has 0 saturated carbocycles. The number of imidazole rings is 1. The third-order valence-electron chi connectivity index (χ3n) is 3.78. The lowest BCUT2D eigenvalue weighted by molar-refractivity contribution is 0.692. The Labute approximate surface area is 154 Å². The molecule has 0 atom stereocenters. The fourth-order valence-electron chi connectivity index (χ4n) is 2.63. The van der Waals surface area contributed by atoms with Crippen LogP contribution in [0, 0.1) is 0 Å². The van der Waals surface area contributed by atoms with Gasteiger partial charge in [-0.25, -0.2) is 4.98 Å². The molecule has 25 heavy (non-hydrogen) atoms. The molecule has 0 unspecified atom stereocenters. The number of allylic oxidation sites excluding steroid dienone is 1. The molecule has 0 saturated heterocycles. The number of rotatable bonds is 7. The van der Waals surface area contributed by atoms with E-state index in [1.807, 2.05) is 34.9 Å². The van der Waals surface area contributed by atoms with Crippen molar-refractivity contribution in [1.82, 2.24) is 24.1 Å². The standard InChI is InChI=1S/C18H17N5S2/c1-2-8-23-17(11-15-6-5-10-24-15)20-21-18(23)25-13-14-12-22-9-4-3-7-16(22)19-14/h2-7,9-10,12H,1,8,11,13H2. The van der Waals surface area contributed by atoms with Crippen molar-refractivity contribution in [3.8, 4) is 0 Å².